The van der Waals surface area contributed by atoms with Crippen LogP contribution in [0.25, 0.3) is 0 Å². The topological polar surface area (TPSA) is 32.3 Å². The van der Waals surface area contributed by atoms with Crippen LogP contribution in [-0.2, 0) is 4.79 Å². The summed E-state index contributed by atoms with van der Waals surface area (Å²) in [5.74, 6) is 3.10. The Bertz CT molecular complexity index is 296. The van der Waals surface area contributed by atoms with Crippen LogP contribution in [-0.4, -0.2) is 36.5 Å². The second-order valence-corrected chi connectivity index (χ2v) is 6.38. The third-order valence-electron chi connectivity index (χ3n) is 4.87. The lowest BCUT2D eigenvalue weighted by Gasteiger charge is -2.35. The van der Waals surface area contributed by atoms with E-state index in [1.807, 2.05) is 0 Å². The fraction of sp³-hybridized carbons (Fsp3) is 0.933. The number of carbonyl (C=O) groups is 1. The predicted octanol–water partition coefficient (Wildman–Crippen LogP) is 2.02. The average Bonchev–Trinajstić information content (AvgIpc) is 3.24. The molecule has 0 radical (unpaired) electrons. The van der Waals surface area contributed by atoms with Crippen LogP contribution in [0, 0.1) is 17.8 Å². The molecule has 3 heteroatoms. The van der Waals surface area contributed by atoms with E-state index in [9.17, 15) is 4.79 Å². The molecule has 2 saturated carbocycles. The number of likely N-dealkylation sites (tertiary alicyclic amines) is 1. The van der Waals surface area contributed by atoms with E-state index in [2.05, 4.69) is 17.1 Å². The van der Waals surface area contributed by atoms with Crippen LogP contribution in [0.5, 0.6) is 0 Å². The number of carbonyl (C=O) groups excluding carboxylic acids is 1. The van der Waals surface area contributed by atoms with E-state index in [4.69, 9.17) is 0 Å². The Morgan fingerprint density at radius 2 is 1.89 bits per heavy atom. The van der Waals surface area contributed by atoms with E-state index < -0.39 is 0 Å². The molecular formula is C15H26N2O. The smallest absolute Gasteiger partial charge is 0.239 e. The van der Waals surface area contributed by atoms with E-state index in [0.29, 0.717) is 5.91 Å². The van der Waals surface area contributed by atoms with Crippen LogP contribution in [0.15, 0.2) is 0 Å². The van der Waals surface area contributed by atoms with Gasteiger partial charge in [0.15, 0.2) is 0 Å². The summed E-state index contributed by atoms with van der Waals surface area (Å²) in [5.41, 5.74) is 0. The highest BCUT2D eigenvalue weighted by atomic mass is 16.2. The van der Waals surface area contributed by atoms with Gasteiger partial charge in [-0.1, -0.05) is 6.92 Å². The number of hydrogen-bond donors (Lipinski definition) is 1. The zero-order valence-corrected chi connectivity index (χ0v) is 11.5. The molecule has 0 aromatic rings. The molecule has 0 spiro atoms. The van der Waals surface area contributed by atoms with Gasteiger partial charge in [-0.05, 0) is 62.8 Å². The number of amides is 1. The molecular weight excluding hydrogens is 224 g/mol. The maximum Gasteiger partial charge on any atom is 0.239 e. The summed E-state index contributed by atoms with van der Waals surface area (Å²) in [6, 6.07) is 0.0998. The van der Waals surface area contributed by atoms with E-state index >= 15 is 0 Å². The summed E-state index contributed by atoms with van der Waals surface area (Å²) >= 11 is 0. The molecule has 102 valence electrons. The number of piperidine rings is 1. The standard InChI is InChI=1S/C15H26N2O/c1-2-16-14-4-3-9-17(15(14)18)10-13(11-5-6-11)12-7-8-12/h11-14,16H,2-10H2,1H3. The van der Waals surface area contributed by atoms with Gasteiger partial charge in [0.25, 0.3) is 0 Å². The molecule has 0 bridgehead atoms. The van der Waals surface area contributed by atoms with Crippen LogP contribution in [0.2, 0.25) is 0 Å². The second kappa shape index (κ2) is 5.20. The quantitative estimate of drug-likeness (QED) is 0.782. The van der Waals surface area contributed by atoms with Gasteiger partial charge >= 0.3 is 0 Å². The van der Waals surface area contributed by atoms with E-state index in [0.717, 1.165) is 43.8 Å². The minimum absolute atomic E-state index is 0.0998. The van der Waals surface area contributed by atoms with Crippen molar-refractivity contribution in [1.82, 2.24) is 10.2 Å². The monoisotopic (exact) mass is 250 g/mol. The summed E-state index contributed by atoms with van der Waals surface area (Å²) in [6.07, 6.45) is 7.87. The van der Waals surface area contributed by atoms with Crippen molar-refractivity contribution in [3.8, 4) is 0 Å². The van der Waals surface area contributed by atoms with E-state index in [1.165, 1.54) is 32.1 Å². The van der Waals surface area contributed by atoms with E-state index in [1.54, 1.807) is 0 Å². The van der Waals surface area contributed by atoms with Gasteiger partial charge in [-0.3, -0.25) is 4.79 Å². The zero-order chi connectivity index (χ0) is 12.5. The molecule has 1 saturated heterocycles. The van der Waals surface area contributed by atoms with Crippen LogP contribution >= 0.6 is 0 Å². The Hall–Kier alpha value is -0.570. The molecule has 3 aliphatic rings. The van der Waals surface area contributed by atoms with E-state index in [-0.39, 0.29) is 6.04 Å². The molecule has 18 heavy (non-hydrogen) atoms. The normalized spacial score (nSPS) is 29.1. The second-order valence-electron chi connectivity index (χ2n) is 6.38. The third-order valence-corrected chi connectivity index (χ3v) is 4.87. The summed E-state index contributed by atoms with van der Waals surface area (Å²) in [7, 11) is 0. The number of nitrogens with one attached hydrogen (secondary N) is 1. The first-order valence-corrected chi connectivity index (χ1v) is 7.81. The van der Waals surface area contributed by atoms with Gasteiger partial charge in [0.05, 0.1) is 6.04 Å². The summed E-state index contributed by atoms with van der Waals surface area (Å²) in [6.45, 7) is 5.04. The van der Waals surface area contributed by atoms with Gasteiger partial charge in [0.1, 0.15) is 0 Å². The minimum atomic E-state index is 0.0998. The summed E-state index contributed by atoms with van der Waals surface area (Å²) in [5, 5.41) is 3.34. The highest BCUT2D eigenvalue weighted by Gasteiger charge is 2.43. The molecule has 1 unspecified atom stereocenters. The van der Waals surface area contributed by atoms with Crippen molar-refractivity contribution < 1.29 is 4.79 Å². The first-order valence-electron chi connectivity index (χ1n) is 7.81. The van der Waals surface area contributed by atoms with Gasteiger partial charge in [0, 0.05) is 13.1 Å². The Morgan fingerprint density at radius 1 is 1.22 bits per heavy atom. The molecule has 0 aromatic heterocycles. The number of rotatable bonds is 6. The van der Waals surface area contributed by atoms with Gasteiger partial charge in [-0.2, -0.15) is 0 Å². The molecule has 3 rings (SSSR count). The lowest BCUT2D eigenvalue weighted by molar-refractivity contribution is -0.136. The Morgan fingerprint density at radius 3 is 2.44 bits per heavy atom. The van der Waals surface area contributed by atoms with Crippen molar-refractivity contribution in [2.45, 2.75) is 51.5 Å². The molecule has 0 aromatic carbocycles. The lowest BCUT2D eigenvalue weighted by Crippen LogP contribution is -2.52. The Kier molecular flexibility index (Phi) is 3.60. The largest absolute Gasteiger partial charge is 0.341 e. The zero-order valence-electron chi connectivity index (χ0n) is 11.5. The Labute approximate surface area is 110 Å². The van der Waals surface area contributed by atoms with Crippen molar-refractivity contribution in [3.63, 3.8) is 0 Å². The highest BCUT2D eigenvalue weighted by molar-refractivity contribution is 5.82. The third kappa shape index (κ3) is 2.71. The van der Waals surface area contributed by atoms with Crippen molar-refractivity contribution in [2.75, 3.05) is 19.6 Å². The fourth-order valence-corrected chi connectivity index (χ4v) is 3.54. The first kappa shape index (κ1) is 12.5. The Balaban J connectivity index is 1.58. The number of hydrogen-bond acceptors (Lipinski definition) is 2. The van der Waals surface area contributed by atoms with Gasteiger partial charge in [-0.15, -0.1) is 0 Å². The van der Waals surface area contributed by atoms with Crippen LogP contribution in [0.4, 0.5) is 0 Å². The predicted molar refractivity (Wildman–Crippen MR) is 72.2 cm³/mol. The van der Waals surface area contributed by atoms with Crippen molar-refractivity contribution in [1.29, 1.82) is 0 Å². The highest BCUT2D eigenvalue weighted by Crippen LogP contribution is 2.49. The van der Waals surface area contributed by atoms with Crippen molar-refractivity contribution in [2.24, 2.45) is 17.8 Å². The van der Waals surface area contributed by atoms with Gasteiger partial charge in [0.2, 0.25) is 5.91 Å². The minimum Gasteiger partial charge on any atom is -0.341 e. The van der Waals surface area contributed by atoms with Crippen LogP contribution in [0.1, 0.15) is 45.4 Å². The molecule has 3 fully saturated rings. The maximum atomic E-state index is 12.4. The fourth-order valence-electron chi connectivity index (χ4n) is 3.54. The molecule has 1 amide bonds. The van der Waals surface area contributed by atoms with Gasteiger partial charge < -0.3 is 10.2 Å². The molecule has 2 aliphatic carbocycles. The van der Waals surface area contributed by atoms with Crippen molar-refractivity contribution in [3.05, 3.63) is 0 Å². The SMILES string of the molecule is CCNC1CCCN(CC(C2CC2)C2CC2)C1=O. The average molecular weight is 250 g/mol. The summed E-state index contributed by atoms with van der Waals surface area (Å²) in [4.78, 5) is 14.6. The molecule has 1 heterocycles. The summed E-state index contributed by atoms with van der Waals surface area (Å²) < 4.78 is 0. The van der Waals surface area contributed by atoms with Crippen LogP contribution < -0.4 is 5.32 Å². The van der Waals surface area contributed by atoms with Crippen molar-refractivity contribution >= 4 is 5.91 Å². The molecule has 1 atom stereocenters. The molecule has 1 aliphatic heterocycles. The molecule has 1 N–H and O–H groups in total. The number of likely N-dealkylation sites (N-methyl/N-ethyl adjacent to an activating group) is 1. The molecule has 3 nitrogen and oxygen atoms in total. The maximum absolute atomic E-state index is 12.4. The first-order chi connectivity index (χ1) is 8.79. The number of nitrogens with zero attached hydrogens (tertiary/aromatic N) is 1. The lowest BCUT2D eigenvalue weighted by atomic mass is 9.95. The van der Waals surface area contributed by atoms with Gasteiger partial charge in [-0.25, -0.2) is 0 Å². The van der Waals surface area contributed by atoms with Crippen LogP contribution in [0.3, 0.4) is 0 Å².